The molecule has 1 fully saturated rings. The number of piperazine rings is 1. The number of nitrogens with zero attached hydrogens (tertiary/aromatic N) is 3. The van der Waals surface area contributed by atoms with Crippen molar-refractivity contribution >= 4 is 5.70 Å². The first kappa shape index (κ1) is 22.0. The molecular formula is C25H32F3N3. The van der Waals surface area contributed by atoms with Crippen LogP contribution in [0, 0.1) is 0 Å². The average molecular weight is 432 g/mol. The summed E-state index contributed by atoms with van der Waals surface area (Å²) in [6.45, 7) is 10.9. The predicted molar refractivity (Wildman–Crippen MR) is 119 cm³/mol. The highest BCUT2D eigenvalue weighted by Gasteiger charge is 2.35. The van der Waals surface area contributed by atoms with E-state index in [4.69, 9.17) is 0 Å². The van der Waals surface area contributed by atoms with E-state index in [2.05, 4.69) is 54.7 Å². The van der Waals surface area contributed by atoms with Gasteiger partial charge in [-0.1, -0.05) is 19.9 Å². The zero-order valence-electron chi connectivity index (χ0n) is 18.9. The Morgan fingerprint density at radius 2 is 1.81 bits per heavy atom. The van der Waals surface area contributed by atoms with Gasteiger partial charge in [-0.3, -0.25) is 0 Å². The monoisotopic (exact) mass is 431 g/mol. The van der Waals surface area contributed by atoms with Gasteiger partial charge in [-0.05, 0) is 73.7 Å². The van der Waals surface area contributed by atoms with Gasteiger partial charge in [-0.2, -0.15) is 13.2 Å². The van der Waals surface area contributed by atoms with Crippen LogP contribution in [0.5, 0.6) is 0 Å². The Labute approximate surface area is 183 Å². The molecule has 4 rings (SSSR count). The lowest BCUT2D eigenvalue weighted by Gasteiger charge is -2.44. The molecule has 3 heterocycles. The molecule has 0 saturated carbocycles. The van der Waals surface area contributed by atoms with Crippen LogP contribution in [-0.2, 0) is 6.18 Å². The van der Waals surface area contributed by atoms with E-state index < -0.39 is 11.7 Å². The summed E-state index contributed by atoms with van der Waals surface area (Å²) in [4.78, 5) is 7.00. The van der Waals surface area contributed by atoms with Crippen molar-refractivity contribution < 1.29 is 13.2 Å². The lowest BCUT2D eigenvalue weighted by Crippen LogP contribution is -2.48. The maximum Gasteiger partial charge on any atom is 0.416 e. The van der Waals surface area contributed by atoms with Gasteiger partial charge >= 0.3 is 6.18 Å². The van der Waals surface area contributed by atoms with Gasteiger partial charge in [0.15, 0.2) is 0 Å². The van der Waals surface area contributed by atoms with Crippen molar-refractivity contribution in [3.8, 4) is 0 Å². The predicted octanol–water partition coefficient (Wildman–Crippen LogP) is 5.68. The summed E-state index contributed by atoms with van der Waals surface area (Å²) >= 11 is 0. The van der Waals surface area contributed by atoms with E-state index in [1.165, 1.54) is 23.3 Å². The van der Waals surface area contributed by atoms with E-state index in [0.717, 1.165) is 68.2 Å². The van der Waals surface area contributed by atoms with Crippen molar-refractivity contribution in [2.24, 2.45) is 0 Å². The molecule has 0 amide bonds. The summed E-state index contributed by atoms with van der Waals surface area (Å²) < 4.78 is 40.8. The molecule has 3 aliphatic heterocycles. The first-order valence-electron chi connectivity index (χ1n) is 11.2. The third-order valence-corrected chi connectivity index (χ3v) is 6.92. The average Bonchev–Trinajstić information content (AvgIpc) is 2.73. The lowest BCUT2D eigenvalue weighted by molar-refractivity contribution is -0.137. The highest BCUT2D eigenvalue weighted by molar-refractivity contribution is 5.74. The first-order valence-corrected chi connectivity index (χ1v) is 11.2. The minimum Gasteiger partial charge on any atom is -0.356 e. The number of benzene rings is 1. The van der Waals surface area contributed by atoms with Crippen LogP contribution in [0.25, 0.3) is 5.70 Å². The molecule has 1 aromatic carbocycles. The standard InChI is InChI=1S/C25H32F3N3/c1-5-19-16-31-23(14-18(19)3)22-15-20(25(26,27)28)7-8-21(22)17(2)6-9-24(31)30-12-10-29(4)11-13-30/h7-9,14-15,17H,5-6,10-13,16H2,1-4H3. The van der Waals surface area contributed by atoms with Crippen molar-refractivity contribution in [2.45, 2.75) is 45.7 Å². The minimum absolute atomic E-state index is 0.152. The molecule has 1 saturated heterocycles. The van der Waals surface area contributed by atoms with Gasteiger partial charge < -0.3 is 14.7 Å². The van der Waals surface area contributed by atoms with E-state index in [1.54, 1.807) is 6.07 Å². The van der Waals surface area contributed by atoms with E-state index in [0.29, 0.717) is 0 Å². The number of allylic oxidation sites excluding steroid dienone is 3. The number of hydrogen-bond acceptors (Lipinski definition) is 3. The fraction of sp³-hybridized carbons (Fsp3) is 0.520. The molecule has 0 bridgehead atoms. The molecule has 168 valence electrons. The third-order valence-electron chi connectivity index (χ3n) is 6.92. The van der Waals surface area contributed by atoms with Crippen LogP contribution in [0.3, 0.4) is 0 Å². The topological polar surface area (TPSA) is 9.72 Å². The van der Waals surface area contributed by atoms with Crippen LogP contribution in [-0.4, -0.2) is 54.5 Å². The molecule has 0 spiro atoms. The van der Waals surface area contributed by atoms with Crippen LogP contribution in [0.2, 0.25) is 0 Å². The molecule has 3 aliphatic rings. The second-order valence-corrected chi connectivity index (χ2v) is 9.05. The number of likely N-dealkylation sites (N-methyl/N-ethyl adjacent to an activating group) is 1. The summed E-state index contributed by atoms with van der Waals surface area (Å²) in [5, 5.41) is 0. The zero-order valence-corrected chi connectivity index (χ0v) is 18.9. The zero-order chi connectivity index (χ0) is 22.3. The maximum atomic E-state index is 13.6. The second kappa shape index (κ2) is 8.38. The van der Waals surface area contributed by atoms with Gasteiger partial charge in [-0.15, -0.1) is 0 Å². The summed E-state index contributed by atoms with van der Waals surface area (Å²) in [5.41, 5.74) is 4.54. The van der Waals surface area contributed by atoms with Crippen LogP contribution in [0.1, 0.15) is 56.2 Å². The number of halogens is 3. The van der Waals surface area contributed by atoms with Crippen LogP contribution in [0.4, 0.5) is 13.2 Å². The van der Waals surface area contributed by atoms with E-state index in [9.17, 15) is 13.2 Å². The van der Waals surface area contributed by atoms with Crippen LogP contribution in [0.15, 0.2) is 47.3 Å². The van der Waals surface area contributed by atoms with Crippen molar-refractivity contribution in [3.05, 3.63) is 64.0 Å². The fourth-order valence-corrected chi connectivity index (χ4v) is 4.84. The fourth-order valence-electron chi connectivity index (χ4n) is 4.84. The van der Waals surface area contributed by atoms with Gasteiger partial charge in [-0.25, -0.2) is 0 Å². The number of rotatable bonds is 2. The minimum atomic E-state index is -4.35. The van der Waals surface area contributed by atoms with Crippen molar-refractivity contribution in [2.75, 3.05) is 39.8 Å². The largest absolute Gasteiger partial charge is 0.416 e. The molecule has 0 aliphatic carbocycles. The Bertz CT molecular complexity index is 934. The lowest BCUT2D eigenvalue weighted by atomic mass is 9.86. The highest BCUT2D eigenvalue weighted by atomic mass is 19.4. The van der Waals surface area contributed by atoms with Gasteiger partial charge in [0, 0.05) is 38.3 Å². The number of hydrogen-bond donors (Lipinski definition) is 0. The molecule has 6 heteroatoms. The van der Waals surface area contributed by atoms with Crippen LogP contribution < -0.4 is 0 Å². The summed E-state index contributed by atoms with van der Waals surface area (Å²) in [6, 6.07) is 4.28. The molecule has 0 radical (unpaired) electrons. The summed E-state index contributed by atoms with van der Waals surface area (Å²) in [6.07, 6.45) is 1.81. The summed E-state index contributed by atoms with van der Waals surface area (Å²) in [5.74, 6) is 1.30. The Morgan fingerprint density at radius 1 is 1.10 bits per heavy atom. The SMILES string of the molecule is CCC1=C(C)C=C2c3cc(C(F)(F)F)ccc3C(C)CC=C(N3CCN(C)CC3)N2C1. The first-order chi connectivity index (χ1) is 14.7. The maximum absolute atomic E-state index is 13.6. The van der Waals surface area contributed by atoms with Gasteiger partial charge in [0.1, 0.15) is 5.82 Å². The van der Waals surface area contributed by atoms with Crippen molar-refractivity contribution in [1.82, 2.24) is 14.7 Å². The quantitative estimate of drug-likeness (QED) is 0.596. The van der Waals surface area contributed by atoms with Gasteiger partial charge in [0.2, 0.25) is 0 Å². The Hall–Kier alpha value is -2.21. The Morgan fingerprint density at radius 3 is 2.45 bits per heavy atom. The normalized spacial score (nSPS) is 23.0. The second-order valence-electron chi connectivity index (χ2n) is 9.05. The van der Waals surface area contributed by atoms with E-state index in [1.807, 2.05) is 0 Å². The number of alkyl halides is 3. The van der Waals surface area contributed by atoms with E-state index >= 15 is 0 Å². The molecule has 1 atom stereocenters. The molecule has 31 heavy (non-hydrogen) atoms. The molecule has 3 nitrogen and oxygen atoms in total. The van der Waals surface area contributed by atoms with E-state index in [-0.39, 0.29) is 5.92 Å². The molecule has 0 N–H and O–H groups in total. The third kappa shape index (κ3) is 4.27. The summed E-state index contributed by atoms with van der Waals surface area (Å²) in [7, 11) is 2.13. The van der Waals surface area contributed by atoms with Gasteiger partial charge in [0.05, 0.1) is 11.3 Å². The van der Waals surface area contributed by atoms with Crippen molar-refractivity contribution in [1.29, 1.82) is 0 Å². The van der Waals surface area contributed by atoms with Crippen LogP contribution >= 0.6 is 0 Å². The Balaban J connectivity index is 1.86. The number of fused-ring (bicyclic) bond motifs is 3. The molecule has 1 aromatic rings. The molecule has 1 unspecified atom stereocenters. The van der Waals surface area contributed by atoms with Crippen molar-refractivity contribution in [3.63, 3.8) is 0 Å². The highest BCUT2D eigenvalue weighted by Crippen LogP contribution is 2.42. The molecule has 0 aromatic heterocycles. The van der Waals surface area contributed by atoms with Gasteiger partial charge in [0.25, 0.3) is 0 Å². The smallest absolute Gasteiger partial charge is 0.356 e. The molecular weight excluding hydrogens is 399 g/mol. The Kier molecular flexibility index (Phi) is 5.95.